The highest BCUT2D eigenvalue weighted by Crippen LogP contribution is 2.20. The lowest BCUT2D eigenvalue weighted by molar-refractivity contribution is -0.149. The summed E-state index contributed by atoms with van der Waals surface area (Å²) in [4.78, 5) is 27.3. The number of aromatic amines is 1. The average Bonchev–Trinajstić information content (AvgIpc) is 3.03. The minimum atomic E-state index is -0.741. The van der Waals surface area contributed by atoms with E-state index in [9.17, 15) is 9.59 Å². The third-order valence-electron chi connectivity index (χ3n) is 4.09. The Kier molecular flexibility index (Phi) is 5.73. The molecule has 1 heterocycles. The number of para-hydroxylation sites is 1. The minimum Gasteiger partial charge on any atom is -0.459 e. The molecule has 5 nitrogen and oxygen atoms in total. The predicted octanol–water partition coefficient (Wildman–Crippen LogP) is 3.72. The van der Waals surface area contributed by atoms with Gasteiger partial charge >= 0.3 is 5.97 Å². The van der Waals surface area contributed by atoms with Gasteiger partial charge in [0.25, 0.3) is 0 Å². The lowest BCUT2D eigenvalue weighted by atomic mass is 10.0. The van der Waals surface area contributed by atoms with Crippen molar-refractivity contribution in [2.24, 2.45) is 0 Å². The summed E-state index contributed by atoms with van der Waals surface area (Å²) >= 11 is 3.43. The minimum absolute atomic E-state index is 0.143. The molecular formula is C20H19BrN2O3. The number of nitrogens with one attached hydrogen (secondary N) is 2. The summed E-state index contributed by atoms with van der Waals surface area (Å²) in [5.74, 6) is -0.728. The van der Waals surface area contributed by atoms with E-state index in [0.717, 1.165) is 26.5 Å². The Balaban J connectivity index is 1.74. The second kappa shape index (κ2) is 8.19. The number of ether oxygens (including phenoxy) is 1. The van der Waals surface area contributed by atoms with Gasteiger partial charge < -0.3 is 15.0 Å². The molecule has 1 aromatic heterocycles. The number of rotatable bonds is 6. The van der Waals surface area contributed by atoms with Crippen molar-refractivity contribution >= 4 is 38.7 Å². The molecule has 0 radical (unpaired) electrons. The van der Waals surface area contributed by atoms with Gasteiger partial charge in [-0.3, -0.25) is 4.79 Å². The van der Waals surface area contributed by atoms with E-state index in [-0.39, 0.29) is 12.5 Å². The van der Waals surface area contributed by atoms with Gasteiger partial charge in [0.2, 0.25) is 5.91 Å². The van der Waals surface area contributed by atoms with E-state index in [4.69, 9.17) is 4.74 Å². The highest BCUT2D eigenvalue weighted by Gasteiger charge is 2.23. The quantitative estimate of drug-likeness (QED) is 0.603. The Morgan fingerprint density at radius 3 is 2.62 bits per heavy atom. The summed E-state index contributed by atoms with van der Waals surface area (Å²) in [6.45, 7) is 1.54. The maximum absolute atomic E-state index is 12.6. The van der Waals surface area contributed by atoms with E-state index in [0.29, 0.717) is 6.42 Å². The number of hydrogen-bond acceptors (Lipinski definition) is 3. The second-order valence-electron chi connectivity index (χ2n) is 6.02. The number of hydrogen-bond donors (Lipinski definition) is 2. The lowest BCUT2D eigenvalue weighted by Gasteiger charge is -2.17. The Hall–Kier alpha value is -2.60. The summed E-state index contributed by atoms with van der Waals surface area (Å²) < 4.78 is 6.31. The molecule has 1 atom stereocenters. The molecule has 26 heavy (non-hydrogen) atoms. The number of fused-ring (bicyclic) bond motifs is 1. The van der Waals surface area contributed by atoms with Crippen LogP contribution in [0.4, 0.5) is 0 Å². The van der Waals surface area contributed by atoms with Crippen LogP contribution in [-0.2, 0) is 27.4 Å². The lowest BCUT2D eigenvalue weighted by Crippen LogP contribution is -2.42. The summed E-state index contributed by atoms with van der Waals surface area (Å²) in [6, 6.07) is 14.6. The molecule has 1 amide bonds. The number of benzene rings is 2. The smallest absolute Gasteiger partial charge is 0.329 e. The van der Waals surface area contributed by atoms with Crippen molar-refractivity contribution in [2.45, 2.75) is 26.0 Å². The van der Waals surface area contributed by atoms with Crippen LogP contribution in [0.25, 0.3) is 10.9 Å². The van der Waals surface area contributed by atoms with Crippen molar-refractivity contribution in [3.05, 3.63) is 70.3 Å². The van der Waals surface area contributed by atoms with E-state index in [1.165, 1.54) is 6.92 Å². The first-order valence-corrected chi connectivity index (χ1v) is 9.06. The fraction of sp³-hybridized carbons (Fsp3) is 0.200. The van der Waals surface area contributed by atoms with Crippen LogP contribution in [0.2, 0.25) is 0 Å². The van der Waals surface area contributed by atoms with Gasteiger partial charge in [-0.05, 0) is 17.7 Å². The highest BCUT2D eigenvalue weighted by molar-refractivity contribution is 9.10. The van der Waals surface area contributed by atoms with E-state index >= 15 is 0 Å². The normalized spacial score (nSPS) is 11.9. The zero-order valence-electron chi connectivity index (χ0n) is 14.3. The molecular weight excluding hydrogens is 396 g/mol. The highest BCUT2D eigenvalue weighted by atomic mass is 79.9. The van der Waals surface area contributed by atoms with Crippen molar-refractivity contribution in [3.8, 4) is 0 Å². The molecule has 6 heteroatoms. The Morgan fingerprint density at radius 1 is 1.12 bits per heavy atom. The van der Waals surface area contributed by atoms with Crippen LogP contribution in [0, 0.1) is 0 Å². The van der Waals surface area contributed by atoms with Crippen molar-refractivity contribution in [1.82, 2.24) is 10.3 Å². The van der Waals surface area contributed by atoms with Crippen molar-refractivity contribution < 1.29 is 14.3 Å². The van der Waals surface area contributed by atoms with Crippen LogP contribution in [0.1, 0.15) is 18.1 Å². The Morgan fingerprint density at radius 2 is 1.85 bits per heavy atom. The molecule has 0 unspecified atom stereocenters. The summed E-state index contributed by atoms with van der Waals surface area (Å²) in [5.41, 5.74) is 2.82. The molecule has 0 aliphatic carbocycles. The van der Waals surface area contributed by atoms with E-state index in [1.807, 2.05) is 54.7 Å². The van der Waals surface area contributed by atoms with Crippen molar-refractivity contribution in [3.63, 3.8) is 0 Å². The van der Waals surface area contributed by atoms with Gasteiger partial charge in [0.1, 0.15) is 12.6 Å². The number of amides is 1. The number of esters is 1. The van der Waals surface area contributed by atoms with Gasteiger partial charge in [0.05, 0.1) is 0 Å². The molecule has 0 spiro atoms. The van der Waals surface area contributed by atoms with E-state index in [1.54, 1.807) is 0 Å². The largest absolute Gasteiger partial charge is 0.459 e. The van der Waals surface area contributed by atoms with Gasteiger partial charge in [-0.1, -0.05) is 52.3 Å². The van der Waals surface area contributed by atoms with Crippen LogP contribution in [-0.4, -0.2) is 22.9 Å². The Labute approximate surface area is 159 Å². The van der Waals surface area contributed by atoms with Crippen LogP contribution in [0.15, 0.2) is 59.2 Å². The number of halogens is 1. The maximum atomic E-state index is 12.6. The molecule has 2 aromatic carbocycles. The zero-order chi connectivity index (χ0) is 18.5. The van der Waals surface area contributed by atoms with Gasteiger partial charge in [-0.2, -0.15) is 0 Å². The van der Waals surface area contributed by atoms with Gasteiger partial charge in [-0.15, -0.1) is 0 Å². The fourth-order valence-electron chi connectivity index (χ4n) is 2.82. The molecule has 2 N–H and O–H groups in total. The van der Waals surface area contributed by atoms with Crippen LogP contribution in [0.3, 0.4) is 0 Å². The van der Waals surface area contributed by atoms with Gasteiger partial charge in [0.15, 0.2) is 0 Å². The monoisotopic (exact) mass is 414 g/mol. The first kappa shape index (κ1) is 18.2. The summed E-state index contributed by atoms with van der Waals surface area (Å²) in [5, 5.41) is 3.72. The van der Waals surface area contributed by atoms with Crippen LogP contribution >= 0.6 is 15.9 Å². The molecule has 3 aromatic rings. The Bertz CT molecular complexity index is 935. The second-order valence-corrected chi connectivity index (χ2v) is 6.87. The molecule has 0 aliphatic rings. The summed E-state index contributed by atoms with van der Waals surface area (Å²) in [6.07, 6.45) is 2.22. The van der Waals surface area contributed by atoms with Crippen LogP contribution < -0.4 is 5.32 Å². The number of aromatic nitrogens is 1. The summed E-state index contributed by atoms with van der Waals surface area (Å²) in [7, 11) is 0. The van der Waals surface area contributed by atoms with E-state index in [2.05, 4.69) is 26.2 Å². The maximum Gasteiger partial charge on any atom is 0.329 e. The number of H-pyrrole nitrogens is 1. The molecule has 0 bridgehead atoms. The first-order chi connectivity index (χ1) is 12.5. The molecule has 0 aliphatic heterocycles. The van der Waals surface area contributed by atoms with Crippen molar-refractivity contribution in [2.75, 3.05) is 0 Å². The standard InChI is InChI=1S/C20H19BrN2O3/c1-13(24)23-19(10-15-11-22-18-9-5-3-7-16(15)18)20(25)26-12-14-6-2-4-8-17(14)21/h2-9,11,19,22H,10,12H2,1H3,(H,23,24)/t19-/m0/s1. The molecule has 3 rings (SSSR count). The van der Waals surface area contributed by atoms with Gasteiger partial charge in [-0.25, -0.2) is 4.79 Å². The fourth-order valence-corrected chi connectivity index (χ4v) is 3.22. The SMILES string of the molecule is CC(=O)N[C@@H](Cc1c[nH]c2ccccc12)C(=O)OCc1ccccc1Br. The number of carbonyl (C=O) groups is 2. The first-order valence-electron chi connectivity index (χ1n) is 8.26. The zero-order valence-corrected chi connectivity index (χ0v) is 15.9. The van der Waals surface area contributed by atoms with E-state index < -0.39 is 12.0 Å². The molecule has 0 saturated heterocycles. The van der Waals surface area contributed by atoms with Gasteiger partial charge in [0, 0.05) is 40.5 Å². The topological polar surface area (TPSA) is 71.2 Å². The van der Waals surface area contributed by atoms with Crippen molar-refractivity contribution in [1.29, 1.82) is 0 Å². The molecule has 0 saturated carbocycles. The predicted molar refractivity (Wildman–Crippen MR) is 104 cm³/mol. The number of carbonyl (C=O) groups excluding carboxylic acids is 2. The molecule has 134 valence electrons. The van der Waals surface area contributed by atoms with Crippen LogP contribution in [0.5, 0.6) is 0 Å². The third-order valence-corrected chi connectivity index (χ3v) is 4.86. The third kappa shape index (κ3) is 4.32. The molecule has 0 fully saturated rings. The average molecular weight is 415 g/mol.